The maximum atomic E-state index is 12.7. The third-order valence-electron chi connectivity index (χ3n) is 3.46. The van der Waals surface area contributed by atoms with Crippen LogP contribution in [0.15, 0.2) is 36.5 Å². The van der Waals surface area contributed by atoms with Gasteiger partial charge in [-0.2, -0.15) is 0 Å². The molecule has 0 aliphatic carbocycles. The first-order valence-corrected chi connectivity index (χ1v) is 6.90. The van der Waals surface area contributed by atoms with E-state index in [4.69, 9.17) is 5.11 Å². The van der Waals surface area contributed by atoms with Crippen molar-refractivity contribution in [2.75, 3.05) is 13.1 Å². The number of rotatable bonds is 5. The molecular weight excluding hydrogens is 268 g/mol. The van der Waals surface area contributed by atoms with E-state index in [-0.39, 0.29) is 12.5 Å². The Labute approximate surface area is 123 Å². The Morgan fingerprint density at radius 1 is 1.29 bits per heavy atom. The molecule has 1 unspecified atom stereocenters. The number of carboxylic acids is 1. The van der Waals surface area contributed by atoms with E-state index < -0.39 is 11.9 Å². The smallest absolute Gasteiger partial charge is 0.308 e. The SMILES string of the molecule is CCN(CC(C)C(=O)O)C(=O)c1cccc2ncccc12. The molecule has 0 fully saturated rings. The average molecular weight is 286 g/mol. The summed E-state index contributed by atoms with van der Waals surface area (Å²) in [6.45, 7) is 4.10. The quantitative estimate of drug-likeness (QED) is 0.916. The summed E-state index contributed by atoms with van der Waals surface area (Å²) in [7, 11) is 0. The van der Waals surface area contributed by atoms with Crippen LogP contribution in [-0.2, 0) is 4.79 Å². The number of carbonyl (C=O) groups excluding carboxylic acids is 1. The second kappa shape index (κ2) is 6.35. The highest BCUT2D eigenvalue weighted by Crippen LogP contribution is 2.18. The van der Waals surface area contributed by atoms with Crippen molar-refractivity contribution in [3.63, 3.8) is 0 Å². The fourth-order valence-electron chi connectivity index (χ4n) is 2.22. The molecule has 0 aliphatic rings. The standard InChI is InChI=1S/C16H18N2O3/c1-3-18(10-11(2)16(20)21)15(19)13-6-4-8-14-12(13)7-5-9-17-14/h4-9,11H,3,10H2,1-2H3,(H,20,21). The number of carbonyl (C=O) groups is 2. The number of nitrogens with zero attached hydrogens (tertiary/aromatic N) is 2. The number of benzene rings is 1. The predicted octanol–water partition coefficient (Wildman–Crippen LogP) is 2.42. The molecular formula is C16H18N2O3. The van der Waals surface area contributed by atoms with E-state index >= 15 is 0 Å². The van der Waals surface area contributed by atoms with Gasteiger partial charge in [0.15, 0.2) is 0 Å². The van der Waals surface area contributed by atoms with Crippen molar-refractivity contribution in [3.8, 4) is 0 Å². The van der Waals surface area contributed by atoms with Gasteiger partial charge in [-0.25, -0.2) is 0 Å². The van der Waals surface area contributed by atoms with E-state index in [2.05, 4.69) is 4.98 Å². The Morgan fingerprint density at radius 2 is 2.05 bits per heavy atom. The Hall–Kier alpha value is -2.43. The first-order valence-electron chi connectivity index (χ1n) is 6.90. The lowest BCUT2D eigenvalue weighted by Gasteiger charge is -2.23. The van der Waals surface area contributed by atoms with Crippen molar-refractivity contribution >= 4 is 22.8 Å². The van der Waals surface area contributed by atoms with Crippen LogP contribution in [0, 0.1) is 5.92 Å². The molecule has 2 aromatic rings. The molecule has 5 nitrogen and oxygen atoms in total. The number of amides is 1. The molecule has 1 amide bonds. The van der Waals surface area contributed by atoms with Gasteiger partial charge in [-0.05, 0) is 25.1 Å². The average Bonchev–Trinajstić information content (AvgIpc) is 2.51. The van der Waals surface area contributed by atoms with Crippen LogP contribution in [0.25, 0.3) is 10.9 Å². The molecule has 0 radical (unpaired) electrons. The van der Waals surface area contributed by atoms with E-state index in [1.165, 1.54) is 0 Å². The van der Waals surface area contributed by atoms with Crippen LogP contribution in [0.5, 0.6) is 0 Å². The largest absolute Gasteiger partial charge is 0.481 e. The minimum absolute atomic E-state index is 0.163. The lowest BCUT2D eigenvalue weighted by molar-refractivity contribution is -0.141. The lowest BCUT2D eigenvalue weighted by atomic mass is 10.1. The third kappa shape index (κ3) is 3.18. The monoisotopic (exact) mass is 286 g/mol. The van der Waals surface area contributed by atoms with Gasteiger partial charge in [0.25, 0.3) is 5.91 Å². The van der Waals surface area contributed by atoms with Gasteiger partial charge < -0.3 is 10.0 Å². The maximum Gasteiger partial charge on any atom is 0.308 e. The predicted molar refractivity (Wildman–Crippen MR) is 80.1 cm³/mol. The lowest BCUT2D eigenvalue weighted by Crippen LogP contribution is -2.36. The van der Waals surface area contributed by atoms with Crippen LogP contribution in [0.2, 0.25) is 0 Å². The van der Waals surface area contributed by atoms with Crippen LogP contribution < -0.4 is 0 Å². The number of hydrogen-bond acceptors (Lipinski definition) is 3. The minimum Gasteiger partial charge on any atom is -0.481 e. The summed E-state index contributed by atoms with van der Waals surface area (Å²) in [6, 6.07) is 9.03. The van der Waals surface area contributed by atoms with E-state index in [1.807, 2.05) is 19.1 Å². The van der Waals surface area contributed by atoms with Crippen LogP contribution in [-0.4, -0.2) is 40.0 Å². The van der Waals surface area contributed by atoms with Crippen molar-refractivity contribution in [2.24, 2.45) is 5.92 Å². The highest BCUT2D eigenvalue weighted by Gasteiger charge is 2.21. The van der Waals surface area contributed by atoms with Gasteiger partial charge in [0.1, 0.15) is 0 Å². The van der Waals surface area contributed by atoms with Crippen LogP contribution in [0.1, 0.15) is 24.2 Å². The molecule has 1 aromatic heterocycles. The summed E-state index contributed by atoms with van der Waals surface area (Å²) in [5.74, 6) is -1.66. The number of aliphatic carboxylic acids is 1. The summed E-state index contributed by atoms with van der Waals surface area (Å²) in [6.07, 6.45) is 1.68. The van der Waals surface area contributed by atoms with E-state index in [0.717, 1.165) is 10.9 Å². The van der Waals surface area contributed by atoms with E-state index in [0.29, 0.717) is 12.1 Å². The molecule has 0 saturated carbocycles. The molecule has 2 rings (SSSR count). The topological polar surface area (TPSA) is 70.5 Å². The number of pyridine rings is 1. The van der Waals surface area contributed by atoms with Crippen molar-refractivity contribution < 1.29 is 14.7 Å². The number of aromatic nitrogens is 1. The molecule has 1 N–H and O–H groups in total. The highest BCUT2D eigenvalue weighted by molar-refractivity contribution is 6.06. The van der Waals surface area contributed by atoms with Gasteiger partial charge in [0, 0.05) is 30.2 Å². The van der Waals surface area contributed by atoms with E-state index in [1.54, 1.807) is 36.2 Å². The van der Waals surface area contributed by atoms with Gasteiger partial charge in [-0.15, -0.1) is 0 Å². The first-order chi connectivity index (χ1) is 10.0. The molecule has 21 heavy (non-hydrogen) atoms. The zero-order valence-electron chi connectivity index (χ0n) is 12.1. The van der Waals surface area contributed by atoms with Crippen LogP contribution in [0.4, 0.5) is 0 Å². The highest BCUT2D eigenvalue weighted by atomic mass is 16.4. The molecule has 0 saturated heterocycles. The number of carboxylic acid groups (broad SMARTS) is 1. The van der Waals surface area contributed by atoms with Crippen LogP contribution >= 0.6 is 0 Å². The molecule has 1 atom stereocenters. The third-order valence-corrected chi connectivity index (χ3v) is 3.46. The van der Waals surface area contributed by atoms with Gasteiger partial charge >= 0.3 is 5.97 Å². The fourth-order valence-corrected chi connectivity index (χ4v) is 2.22. The summed E-state index contributed by atoms with van der Waals surface area (Å²) in [5, 5.41) is 9.79. The second-order valence-electron chi connectivity index (χ2n) is 4.96. The molecule has 0 bridgehead atoms. The molecule has 0 spiro atoms. The Bertz CT molecular complexity index is 664. The van der Waals surface area contributed by atoms with E-state index in [9.17, 15) is 9.59 Å². The Kier molecular flexibility index (Phi) is 4.52. The number of hydrogen-bond donors (Lipinski definition) is 1. The maximum absolute atomic E-state index is 12.7. The van der Waals surface area contributed by atoms with Crippen molar-refractivity contribution in [1.29, 1.82) is 0 Å². The number of fused-ring (bicyclic) bond motifs is 1. The Balaban J connectivity index is 2.34. The zero-order chi connectivity index (χ0) is 15.4. The first kappa shape index (κ1) is 15.0. The van der Waals surface area contributed by atoms with Gasteiger partial charge in [0.05, 0.1) is 11.4 Å². The molecule has 1 heterocycles. The minimum atomic E-state index is -0.902. The van der Waals surface area contributed by atoms with Gasteiger partial charge in [0.2, 0.25) is 0 Å². The second-order valence-corrected chi connectivity index (χ2v) is 4.96. The summed E-state index contributed by atoms with van der Waals surface area (Å²) >= 11 is 0. The molecule has 1 aromatic carbocycles. The zero-order valence-corrected chi connectivity index (χ0v) is 12.1. The summed E-state index contributed by atoms with van der Waals surface area (Å²) in [5.41, 5.74) is 1.31. The van der Waals surface area contributed by atoms with Gasteiger partial charge in [-0.3, -0.25) is 14.6 Å². The fraction of sp³-hybridized carbons (Fsp3) is 0.312. The van der Waals surface area contributed by atoms with Crippen LogP contribution in [0.3, 0.4) is 0 Å². The molecule has 110 valence electrons. The van der Waals surface area contributed by atoms with Crippen molar-refractivity contribution in [1.82, 2.24) is 9.88 Å². The molecule has 5 heteroatoms. The van der Waals surface area contributed by atoms with Gasteiger partial charge in [-0.1, -0.05) is 19.1 Å². The summed E-state index contributed by atoms with van der Waals surface area (Å²) < 4.78 is 0. The Morgan fingerprint density at radius 3 is 2.71 bits per heavy atom. The van der Waals surface area contributed by atoms with Crippen molar-refractivity contribution in [3.05, 3.63) is 42.1 Å². The summed E-state index contributed by atoms with van der Waals surface area (Å²) in [4.78, 5) is 29.4. The normalized spacial score (nSPS) is 12.1. The molecule has 0 aliphatic heterocycles. The van der Waals surface area contributed by atoms with Crippen molar-refractivity contribution in [2.45, 2.75) is 13.8 Å².